The third-order valence-corrected chi connectivity index (χ3v) is 8.10. The van der Waals surface area contributed by atoms with Gasteiger partial charge in [0.15, 0.2) is 0 Å². The van der Waals surface area contributed by atoms with E-state index in [9.17, 15) is 13.2 Å². The molecule has 0 saturated carbocycles. The zero-order valence-corrected chi connectivity index (χ0v) is 16.8. The summed E-state index contributed by atoms with van der Waals surface area (Å²) in [6.45, 7) is 6.07. The summed E-state index contributed by atoms with van der Waals surface area (Å²) in [4.78, 5) is 14.9. The topological polar surface area (TPSA) is 69.7 Å². The van der Waals surface area contributed by atoms with E-state index >= 15 is 0 Å². The number of carbonyl (C=O) groups is 1. The van der Waals surface area contributed by atoms with E-state index in [1.54, 1.807) is 0 Å². The third-order valence-electron chi connectivity index (χ3n) is 6.03. The van der Waals surface area contributed by atoms with Crippen LogP contribution in [0.2, 0.25) is 0 Å². The summed E-state index contributed by atoms with van der Waals surface area (Å²) >= 11 is 0. The molecule has 3 aliphatic rings. The highest BCUT2D eigenvalue weighted by molar-refractivity contribution is 7.89. The molecule has 0 aliphatic carbocycles. The fourth-order valence-electron chi connectivity index (χ4n) is 4.49. The minimum Gasteiger partial charge on any atom is -0.341 e. The maximum Gasteiger partial charge on any atom is 0.241 e. The molecule has 3 heterocycles. The molecule has 3 fully saturated rings. The first-order chi connectivity index (χ1) is 11.5. The highest BCUT2D eigenvalue weighted by Gasteiger charge is 2.42. The number of carbonyl (C=O) groups excluding carboxylic acids is 1. The van der Waals surface area contributed by atoms with Crippen molar-refractivity contribution >= 4 is 28.3 Å². The van der Waals surface area contributed by atoms with Crippen LogP contribution < -0.4 is 5.32 Å². The predicted octanol–water partition coefficient (Wildman–Crippen LogP) is 1.60. The van der Waals surface area contributed by atoms with Gasteiger partial charge in [-0.25, -0.2) is 8.42 Å². The molecule has 0 aromatic heterocycles. The van der Waals surface area contributed by atoms with Crippen molar-refractivity contribution in [2.75, 3.05) is 38.5 Å². The molecule has 0 aromatic rings. The van der Waals surface area contributed by atoms with Gasteiger partial charge in [-0.3, -0.25) is 4.79 Å². The minimum atomic E-state index is -3.31. The second-order valence-electron chi connectivity index (χ2n) is 7.69. The molecule has 25 heavy (non-hydrogen) atoms. The first kappa shape index (κ1) is 20.9. The molecule has 3 rings (SSSR count). The largest absolute Gasteiger partial charge is 0.341 e. The lowest BCUT2D eigenvalue weighted by Gasteiger charge is -2.42. The Kier molecular flexibility index (Phi) is 7.16. The van der Waals surface area contributed by atoms with Gasteiger partial charge in [0.25, 0.3) is 0 Å². The van der Waals surface area contributed by atoms with E-state index in [2.05, 4.69) is 5.32 Å². The Morgan fingerprint density at radius 1 is 1.16 bits per heavy atom. The molecule has 0 aromatic carbocycles. The predicted molar refractivity (Wildman–Crippen MR) is 101 cm³/mol. The smallest absolute Gasteiger partial charge is 0.241 e. The number of nitrogens with one attached hydrogen (secondary N) is 1. The molecule has 146 valence electrons. The highest BCUT2D eigenvalue weighted by Crippen LogP contribution is 2.37. The minimum absolute atomic E-state index is 0. The van der Waals surface area contributed by atoms with E-state index in [1.807, 2.05) is 11.8 Å². The van der Waals surface area contributed by atoms with E-state index in [0.29, 0.717) is 24.8 Å². The number of amides is 1. The molecule has 1 unspecified atom stereocenters. The van der Waals surface area contributed by atoms with Gasteiger partial charge in [-0.15, -0.1) is 12.4 Å². The summed E-state index contributed by atoms with van der Waals surface area (Å²) in [6, 6.07) is -0.467. The van der Waals surface area contributed by atoms with Crippen LogP contribution in [0.1, 0.15) is 51.9 Å². The van der Waals surface area contributed by atoms with Gasteiger partial charge in [-0.1, -0.05) is 13.3 Å². The monoisotopic (exact) mass is 393 g/mol. The Balaban J connectivity index is 0.00000225. The Labute approximate surface area is 158 Å². The lowest BCUT2D eigenvalue weighted by atomic mass is 9.77. The van der Waals surface area contributed by atoms with Crippen LogP contribution in [-0.2, 0) is 14.8 Å². The van der Waals surface area contributed by atoms with Crippen LogP contribution in [0, 0.1) is 5.41 Å². The van der Waals surface area contributed by atoms with Crippen molar-refractivity contribution in [1.29, 1.82) is 0 Å². The van der Waals surface area contributed by atoms with Crippen LogP contribution in [0.15, 0.2) is 0 Å². The van der Waals surface area contributed by atoms with Crippen LogP contribution >= 0.6 is 12.4 Å². The molecule has 8 heteroatoms. The number of likely N-dealkylation sites (tertiary alicyclic amines) is 1. The number of hydrogen-bond acceptors (Lipinski definition) is 4. The number of nitrogens with zero attached hydrogens (tertiary/aromatic N) is 2. The summed E-state index contributed by atoms with van der Waals surface area (Å²) in [6.07, 6.45) is 6.36. The van der Waals surface area contributed by atoms with Crippen molar-refractivity contribution in [2.45, 2.75) is 57.9 Å². The van der Waals surface area contributed by atoms with Gasteiger partial charge in [0.2, 0.25) is 15.9 Å². The van der Waals surface area contributed by atoms with Crippen LogP contribution in [0.5, 0.6) is 0 Å². The molecule has 1 atom stereocenters. The van der Waals surface area contributed by atoms with E-state index in [0.717, 1.165) is 51.9 Å². The van der Waals surface area contributed by atoms with Gasteiger partial charge in [-0.2, -0.15) is 4.31 Å². The number of halogens is 1. The van der Waals surface area contributed by atoms with E-state index < -0.39 is 16.1 Å². The molecule has 1 spiro atoms. The first-order valence-electron chi connectivity index (χ1n) is 9.46. The van der Waals surface area contributed by atoms with Crippen molar-refractivity contribution in [3.05, 3.63) is 0 Å². The van der Waals surface area contributed by atoms with Gasteiger partial charge >= 0.3 is 0 Å². The molecular formula is C17H32ClN3O3S. The second-order valence-corrected chi connectivity index (χ2v) is 9.73. The summed E-state index contributed by atoms with van der Waals surface area (Å²) in [7, 11) is -3.31. The lowest BCUT2D eigenvalue weighted by Crippen LogP contribution is -2.55. The number of rotatable bonds is 4. The first-order valence-corrected chi connectivity index (χ1v) is 11.1. The van der Waals surface area contributed by atoms with Crippen LogP contribution in [0.3, 0.4) is 0 Å². The van der Waals surface area contributed by atoms with Crippen LogP contribution in [-0.4, -0.2) is 68.0 Å². The fourth-order valence-corrected chi connectivity index (χ4v) is 6.24. The maximum atomic E-state index is 13.0. The SMILES string of the molecule is CCCS(=O)(=O)N1CCCCC1C(=O)N1CCC2(CCNC2)CC1.Cl. The molecule has 1 N–H and O–H groups in total. The Hall–Kier alpha value is -0.370. The van der Waals surface area contributed by atoms with Crippen molar-refractivity contribution in [2.24, 2.45) is 5.41 Å². The molecule has 0 radical (unpaired) electrons. The zero-order chi connectivity index (χ0) is 17.2. The van der Waals surface area contributed by atoms with E-state index in [4.69, 9.17) is 0 Å². The van der Waals surface area contributed by atoms with Crippen molar-refractivity contribution < 1.29 is 13.2 Å². The van der Waals surface area contributed by atoms with Crippen molar-refractivity contribution in [3.8, 4) is 0 Å². The highest BCUT2D eigenvalue weighted by atomic mass is 35.5. The molecular weight excluding hydrogens is 362 g/mol. The summed E-state index contributed by atoms with van der Waals surface area (Å²) < 4.78 is 26.6. The maximum absolute atomic E-state index is 13.0. The summed E-state index contributed by atoms with van der Waals surface area (Å²) in [5, 5.41) is 3.44. The molecule has 6 nitrogen and oxygen atoms in total. The van der Waals surface area contributed by atoms with Gasteiger partial charge in [0.1, 0.15) is 6.04 Å². The molecule has 3 saturated heterocycles. The molecule has 3 aliphatic heterocycles. The van der Waals surface area contributed by atoms with Crippen molar-refractivity contribution in [3.63, 3.8) is 0 Å². The Morgan fingerprint density at radius 2 is 1.88 bits per heavy atom. The zero-order valence-electron chi connectivity index (χ0n) is 15.2. The van der Waals surface area contributed by atoms with Gasteiger partial charge < -0.3 is 10.2 Å². The fraction of sp³-hybridized carbons (Fsp3) is 0.941. The quantitative estimate of drug-likeness (QED) is 0.787. The number of piperidine rings is 2. The second kappa shape index (κ2) is 8.55. The normalized spacial score (nSPS) is 27.2. The number of sulfonamides is 1. The average Bonchev–Trinajstić information content (AvgIpc) is 3.03. The summed E-state index contributed by atoms with van der Waals surface area (Å²) in [5.74, 6) is 0.182. The standard InChI is InChI=1S/C17H31N3O3S.ClH/c1-2-13-24(22,23)20-10-4-3-5-15(20)16(21)19-11-7-17(8-12-19)6-9-18-14-17;/h15,18H,2-14H2,1H3;1H. The van der Waals surface area contributed by atoms with Gasteiger partial charge in [-0.05, 0) is 50.5 Å². The number of hydrogen-bond donors (Lipinski definition) is 1. The van der Waals surface area contributed by atoms with E-state index in [1.165, 1.54) is 10.7 Å². The lowest BCUT2D eigenvalue weighted by molar-refractivity contribution is -0.138. The van der Waals surface area contributed by atoms with Crippen LogP contribution in [0.4, 0.5) is 0 Å². The molecule has 0 bridgehead atoms. The Morgan fingerprint density at radius 3 is 2.48 bits per heavy atom. The average molecular weight is 394 g/mol. The van der Waals surface area contributed by atoms with Gasteiger partial charge in [0.05, 0.1) is 5.75 Å². The Bertz CT molecular complexity index is 553. The third kappa shape index (κ3) is 4.49. The summed E-state index contributed by atoms with van der Waals surface area (Å²) in [5.41, 5.74) is 0.372. The van der Waals surface area contributed by atoms with Gasteiger partial charge in [0, 0.05) is 26.2 Å². The van der Waals surface area contributed by atoms with E-state index in [-0.39, 0.29) is 24.1 Å². The van der Waals surface area contributed by atoms with Crippen molar-refractivity contribution in [1.82, 2.24) is 14.5 Å². The molecule has 1 amide bonds. The van der Waals surface area contributed by atoms with Crippen LogP contribution in [0.25, 0.3) is 0 Å².